The van der Waals surface area contributed by atoms with Gasteiger partial charge in [-0.15, -0.1) is 10.2 Å². The molecular formula is C13H18N4O3. The molecule has 0 amide bonds. The fraction of sp³-hybridized carbons (Fsp3) is 0.538. The number of rotatable bonds is 8. The number of nitrogens with zero attached hydrogens (tertiary/aromatic N) is 4. The molecule has 0 spiro atoms. The lowest BCUT2D eigenvalue weighted by Gasteiger charge is -2.01. The van der Waals surface area contributed by atoms with Crippen LogP contribution < -0.4 is 0 Å². The van der Waals surface area contributed by atoms with Gasteiger partial charge in [0.2, 0.25) is 5.82 Å². The van der Waals surface area contributed by atoms with E-state index in [1.807, 2.05) is 6.92 Å². The molecule has 0 aliphatic carbocycles. The maximum atomic E-state index is 11.1. The summed E-state index contributed by atoms with van der Waals surface area (Å²) in [7, 11) is 0. The highest BCUT2D eigenvalue weighted by atomic mass is 16.5. The van der Waals surface area contributed by atoms with Gasteiger partial charge in [-0.25, -0.2) is 0 Å². The van der Waals surface area contributed by atoms with Gasteiger partial charge < -0.3 is 9.15 Å². The number of tetrazole rings is 1. The maximum Gasteiger partial charge on any atom is 0.305 e. The van der Waals surface area contributed by atoms with E-state index in [1.165, 1.54) is 0 Å². The second-order valence-corrected chi connectivity index (χ2v) is 4.30. The summed E-state index contributed by atoms with van der Waals surface area (Å²) in [4.78, 5) is 12.7. The average molecular weight is 278 g/mol. The van der Waals surface area contributed by atoms with Gasteiger partial charge in [0, 0.05) is 6.42 Å². The lowest BCUT2D eigenvalue weighted by molar-refractivity contribution is -0.143. The van der Waals surface area contributed by atoms with Crippen molar-refractivity contribution in [3.8, 4) is 11.6 Å². The highest BCUT2D eigenvalue weighted by Crippen LogP contribution is 2.13. The number of carbonyl (C=O) groups is 1. The third-order valence-electron chi connectivity index (χ3n) is 2.74. The van der Waals surface area contributed by atoms with E-state index in [0.29, 0.717) is 31.2 Å². The molecule has 7 nitrogen and oxygen atoms in total. The molecule has 0 atom stereocenters. The molecule has 0 N–H and O–H groups in total. The summed E-state index contributed by atoms with van der Waals surface area (Å²) in [6, 6.07) is 3.58. The van der Waals surface area contributed by atoms with Gasteiger partial charge in [0.25, 0.3) is 0 Å². The lowest BCUT2D eigenvalue weighted by Crippen LogP contribution is -2.05. The number of aryl methyl sites for hydroxylation is 1. The van der Waals surface area contributed by atoms with Gasteiger partial charge in [-0.3, -0.25) is 4.79 Å². The van der Waals surface area contributed by atoms with Gasteiger partial charge in [0.1, 0.15) is 0 Å². The van der Waals surface area contributed by atoms with Gasteiger partial charge in [0.05, 0.1) is 19.4 Å². The van der Waals surface area contributed by atoms with Gasteiger partial charge >= 0.3 is 5.97 Å². The smallest absolute Gasteiger partial charge is 0.305 e. The number of aromatic nitrogens is 4. The highest BCUT2D eigenvalue weighted by molar-refractivity contribution is 5.69. The Kier molecular flexibility index (Phi) is 5.28. The molecule has 0 fully saturated rings. The molecule has 0 aliphatic heterocycles. The minimum absolute atomic E-state index is 0.133. The summed E-state index contributed by atoms with van der Waals surface area (Å²) in [5, 5.41) is 12.1. The summed E-state index contributed by atoms with van der Waals surface area (Å²) in [6.07, 6.45) is 4.68. The molecule has 108 valence electrons. The number of furan rings is 1. The Labute approximate surface area is 116 Å². The topological polar surface area (TPSA) is 83.0 Å². The number of hydrogen-bond donors (Lipinski definition) is 0. The number of ether oxygens (including phenoxy) is 1. The molecule has 2 aromatic heterocycles. The predicted octanol–water partition coefficient (Wildman–Crippen LogP) is 2.06. The zero-order chi connectivity index (χ0) is 14.2. The second-order valence-electron chi connectivity index (χ2n) is 4.30. The van der Waals surface area contributed by atoms with Crippen molar-refractivity contribution in [3.05, 3.63) is 18.4 Å². The van der Waals surface area contributed by atoms with Crippen LogP contribution in [0, 0.1) is 0 Å². The van der Waals surface area contributed by atoms with Crippen LogP contribution in [0.3, 0.4) is 0 Å². The number of carbonyl (C=O) groups excluding carboxylic acids is 1. The van der Waals surface area contributed by atoms with Gasteiger partial charge in [-0.05, 0) is 37.1 Å². The van der Waals surface area contributed by atoms with Crippen LogP contribution in [-0.2, 0) is 16.1 Å². The molecule has 0 unspecified atom stereocenters. The zero-order valence-electron chi connectivity index (χ0n) is 11.5. The number of esters is 1. The zero-order valence-corrected chi connectivity index (χ0v) is 11.5. The monoisotopic (exact) mass is 278 g/mol. The maximum absolute atomic E-state index is 11.1. The van der Waals surface area contributed by atoms with Gasteiger partial charge in [0.15, 0.2) is 5.76 Å². The van der Waals surface area contributed by atoms with Crippen molar-refractivity contribution in [3.63, 3.8) is 0 Å². The van der Waals surface area contributed by atoms with E-state index in [0.717, 1.165) is 19.3 Å². The molecule has 0 saturated heterocycles. The molecule has 7 heteroatoms. The number of hydrogen-bond acceptors (Lipinski definition) is 6. The Bertz CT molecular complexity index is 521. The minimum Gasteiger partial charge on any atom is -0.466 e. The van der Waals surface area contributed by atoms with Crippen LogP contribution in [0.15, 0.2) is 22.8 Å². The first-order chi connectivity index (χ1) is 9.79. The second kappa shape index (κ2) is 7.42. The van der Waals surface area contributed by atoms with Crippen molar-refractivity contribution >= 4 is 5.97 Å². The van der Waals surface area contributed by atoms with Crippen LogP contribution in [0.25, 0.3) is 11.6 Å². The Hall–Kier alpha value is -2.18. The third-order valence-corrected chi connectivity index (χ3v) is 2.74. The molecule has 0 aromatic carbocycles. The van der Waals surface area contributed by atoms with E-state index in [4.69, 9.17) is 9.15 Å². The Balaban J connectivity index is 1.66. The first-order valence-electron chi connectivity index (χ1n) is 6.77. The lowest BCUT2D eigenvalue weighted by atomic mass is 10.2. The molecule has 20 heavy (non-hydrogen) atoms. The van der Waals surface area contributed by atoms with E-state index >= 15 is 0 Å². The third kappa shape index (κ3) is 4.18. The fourth-order valence-electron chi connectivity index (χ4n) is 1.77. The largest absolute Gasteiger partial charge is 0.466 e. The highest BCUT2D eigenvalue weighted by Gasteiger charge is 2.08. The molecule has 0 radical (unpaired) electrons. The van der Waals surface area contributed by atoms with Crippen LogP contribution in [0.2, 0.25) is 0 Å². The Morgan fingerprint density at radius 2 is 2.30 bits per heavy atom. The van der Waals surface area contributed by atoms with E-state index in [-0.39, 0.29) is 5.97 Å². The molecule has 0 bridgehead atoms. The summed E-state index contributed by atoms with van der Waals surface area (Å²) >= 11 is 0. The summed E-state index contributed by atoms with van der Waals surface area (Å²) in [5.74, 6) is 0.964. The summed E-state index contributed by atoms with van der Waals surface area (Å²) in [6.45, 7) is 2.93. The molecule has 2 aromatic rings. The van der Waals surface area contributed by atoms with Crippen molar-refractivity contribution < 1.29 is 13.9 Å². The van der Waals surface area contributed by atoms with Crippen molar-refractivity contribution in [1.29, 1.82) is 0 Å². The number of unbranched alkanes of at least 4 members (excludes halogenated alkanes) is 2. The van der Waals surface area contributed by atoms with E-state index < -0.39 is 0 Å². The van der Waals surface area contributed by atoms with Crippen LogP contribution in [0.5, 0.6) is 0 Å². The molecular weight excluding hydrogens is 260 g/mol. The summed E-state index contributed by atoms with van der Waals surface area (Å²) < 4.78 is 10.1. The van der Waals surface area contributed by atoms with Crippen molar-refractivity contribution in [2.75, 3.05) is 6.61 Å². The molecule has 0 saturated carbocycles. The Morgan fingerprint density at radius 3 is 3.05 bits per heavy atom. The van der Waals surface area contributed by atoms with Gasteiger partial charge in [-0.2, -0.15) is 4.80 Å². The average Bonchev–Trinajstić information content (AvgIpc) is 3.09. The Morgan fingerprint density at radius 1 is 1.40 bits per heavy atom. The van der Waals surface area contributed by atoms with Gasteiger partial charge in [-0.1, -0.05) is 6.42 Å². The standard InChI is InChI=1S/C13H18N4O3/c1-2-19-12(18)8-4-3-5-9-17-15-13(14-16-17)11-7-6-10-20-11/h6-7,10H,2-5,8-9H2,1H3. The summed E-state index contributed by atoms with van der Waals surface area (Å²) in [5.41, 5.74) is 0. The molecule has 2 rings (SSSR count). The van der Waals surface area contributed by atoms with Crippen LogP contribution in [-0.4, -0.2) is 32.8 Å². The van der Waals surface area contributed by atoms with E-state index in [1.54, 1.807) is 23.2 Å². The van der Waals surface area contributed by atoms with Crippen molar-refractivity contribution in [2.24, 2.45) is 0 Å². The molecule has 0 aliphatic rings. The SMILES string of the molecule is CCOC(=O)CCCCCn1nnc(-c2ccco2)n1. The van der Waals surface area contributed by atoms with Crippen LogP contribution >= 0.6 is 0 Å². The normalized spacial score (nSPS) is 10.7. The van der Waals surface area contributed by atoms with E-state index in [9.17, 15) is 4.79 Å². The minimum atomic E-state index is -0.133. The molecule has 2 heterocycles. The fourth-order valence-corrected chi connectivity index (χ4v) is 1.77. The first kappa shape index (κ1) is 14.2. The quantitative estimate of drug-likeness (QED) is 0.543. The predicted molar refractivity (Wildman–Crippen MR) is 70.6 cm³/mol. The first-order valence-corrected chi connectivity index (χ1v) is 6.77. The van der Waals surface area contributed by atoms with E-state index in [2.05, 4.69) is 15.4 Å². The van der Waals surface area contributed by atoms with Crippen molar-refractivity contribution in [2.45, 2.75) is 39.2 Å². The van der Waals surface area contributed by atoms with Crippen molar-refractivity contribution in [1.82, 2.24) is 20.2 Å². The van der Waals surface area contributed by atoms with Crippen LogP contribution in [0.4, 0.5) is 0 Å². The van der Waals surface area contributed by atoms with Crippen LogP contribution in [0.1, 0.15) is 32.6 Å².